The molecule has 2 heterocycles. The normalized spacial score (nSPS) is 14.2. The van der Waals surface area contributed by atoms with Gasteiger partial charge in [-0.15, -0.1) is 0 Å². The predicted molar refractivity (Wildman–Crippen MR) is 115 cm³/mol. The van der Waals surface area contributed by atoms with Crippen molar-refractivity contribution in [1.29, 1.82) is 0 Å². The lowest BCUT2D eigenvalue weighted by Gasteiger charge is -2.19. The molecule has 6 heteroatoms. The molecule has 2 aromatic carbocycles. The van der Waals surface area contributed by atoms with Crippen LogP contribution in [-0.2, 0) is 11.3 Å². The van der Waals surface area contributed by atoms with E-state index in [1.54, 1.807) is 18.3 Å². The summed E-state index contributed by atoms with van der Waals surface area (Å²) in [5.41, 5.74) is 4.05. The molecule has 2 N–H and O–H groups in total. The summed E-state index contributed by atoms with van der Waals surface area (Å²) in [7, 11) is 0. The Labute approximate surface area is 173 Å². The van der Waals surface area contributed by atoms with Crippen molar-refractivity contribution < 1.29 is 9.59 Å². The summed E-state index contributed by atoms with van der Waals surface area (Å²) >= 11 is 1.40. The Balaban J connectivity index is 1.49. The number of aryl methyl sites for hydroxylation is 1. The number of benzene rings is 2. The zero-order chi connectivity index (χ0) is 20.2. The van der Waals surface area contributed by atoms with Crippen LogP contribution in [0.15, 0.2) is 76.7 Å². The first-order valence-electron chi connectivity index (χ1n) is 9.18. The van der Waals surface area contributed by atoms with Crippen molar-refractivity contribution >= 4 is 35.3 Å². The molecule has 29 heavy (non-hydrogen) atoms. The number of nitrogens with zero attached hydrogens (tertiary/aromatic N) is 1. The van der Waals surface area contributed by atoms with Crippen LogP contribution in [0.25, 0.3) is 6.08 Å². The zero-order valence-corrected chi connectivity index (χ0v) is 16.6. The van der Waals surface area contributed by atoms with Crippen LogP contribution >= 0.6 is 11.8 Å². The number of rotatable bonds is 4. The van der Waals surface area contributed by atoms with E-state index in [0.717, 1.165) is 21.7 Å². The van der Waals surface area contributed by atoms with Gasteiger partial charge >= 0.3 is 0 Å². The maximum atomic E-state index is 12.5. The number of aromatic nitrogens is 1. The quantitative estimate of drug-likeness (QED) is 0.636. The summed E-state index contributed by atoms with van der Waals surface area (Å²) in [6.07, 6.45) is 3.57. The fourth-order valence-electron chi connectivity index (χ4n) is 2.99. The molecule has 0 spiro atoms. The van der Waals surface area contributed by atoms with E-state index >= 15 is 0 Å². The van der Waals surface area contributed by atoms with Crippen LogP contribution in [0.4, 0.5) is 5.69 Å². The van der Waals surface area contributed by atoms with Crippen molar-refractivity contribution in [3.8, 4) is 0 Å². The SMILES string of the molecule is Cc1cccc(/C=C2/Sc3ccc(C(=O)NCc4ccccn4)cc3NC2=O)c1. The average Bonchev–Trinajstić information content (AvgIpc) is 2.73. The third-order valence-electron chi connectivity index (χ3n) is 4.43. The molecule has 3 aromatic rings. The topological polar surface area (TPSA) is 71.1 Å². The van der Waals surface area contributed by atoms with Gasteiger partial charge in [0.1, 0.15) is 0 Å². The second kappa shape index (κ2) is 8.32. The number of amides is 2. The van der Waals surface area contributed by atoms with Crippen molar-refractivity contribution in [1.82, 2.24) is 10.3 Å². The lowest BCUT2D eigenvalue weighted by Crippen LogP contribution is -2.24. The molecule has 1 aliphatic rings. The van der Waals surface area contributed by atoms with Crippen LogP contribution in [0.2, 0.25) is 0 Å². The van der Waals surface area contributed by atoms with Crippen LogP contribution in [-0.4, -0.2) is 16.8 Å². The zero-order valence-electron chi connectivity index (χ0n) is 15.8. The van der Waals surface area contributed by atoms with Crippen molar-refractivity contribution in [2.75, 3.05) is 5.32 Å². The first kappa shape index (κ1) is 19.0. The molecular weight excluding hydrogens is 382 g/mol. The Kier molecular flexibility index (Phi) is 5.44. The van der Waals surface area contributed by atoms with Gasteiger partial charge in [-0.2, -0.15) is 0 Å². The van der Waals surface area contributed by atoms with Gasteiger partial charge in [-0.05, 0) is 48.9 Å². The summed E-state index contributed by atoms with van der Waals surface area (Å²) in [4.78, 5) is 30.7. The number of hydrogen-bond donors (Lipinski definition) is 2. The van der Waals surface area contributed by atoms with Crippen molar-refractivity contribution in [2.45, 2.75) is 18.4 Å². The molecule has 0 aliphatic carbocycles. The van der Waals surface area contributed by atoms with Crippen LogP contribution < -0.4 is 10.6 Å². The average molecular weight is 401 g/mol. The van der Waals surface area contributed by atoms with E-state index in [1.807, 2.05) is 61.5 Å². The van der Waals surface area contributed by atoms with Crippen molar-refractivity contribution in [3.63, 3.8) is 0 Å². The second-order valence-electron chi connectivity index (χ2n) is 6.69. The van der Waals surface area contributed by atoms with E-state index in [-0.39, 0.29) is 11.8 Å². The van der Waals surface area contributed by atoms with Gasteiger partial charge < -0.3 is 10.6 Å². The van der Waals surface area contributed by atoms with Crippen LogP contribution in [0.1, 0.15) is 27.2 Å². The maximum Gasteiger partial charge on any atom is 0.262 e. The number of carbonyl (C=O) groups is 2. The smallest absolute Gasteiger partial charge is 0.262 e. The third kappa shape index (κ3) is 4.55. The molecule has 0 bridgehead atoms. The summed E-state index contributed by atoms with van der Waals surface area (Å²) in [6, 6.07) is 18.9. The third-order valence-corrected chi connectivity index (χ3v) is 5.53. The standard InChI is InChI=1S/C23H19N3O2S/c1-15-5-4-6-16(11-15)12-21-23(28)26-19-13-17(8-9-20(19)29-21)22(27)25-14-18-7-2-3-10-24-18/h2-13H,14H2,1H3,(H,25,27)(H,26,28)/b21-12+. The Morgan fingerprint density at radius 2 is 2.03 bits per heavy atom. The van der Waals surface area contributed by atoms with Gasteiger partial charge in [-0.1, -0.05) is 47.7 Å². The summed E-state index contributed by atoms with van der Waals surface area (Å²) < 4.78 is 0. The first-order chi connectivity index (χ1) is 14.1. The number of nitrogens with one attached hydrogen (secondary N) is 2. The lowest BCUT2D eigenvalue weighted by atomic mass is 10.1. The molecule has 0 radical (unpaired) electrons. The minimum absolute atomic E-state index is 0.171. The Morgan fingerprint density at radius 3 is 2.83 bits per heavy atom. The minimum Gasteiger partial charge on any atom is -0.346 e. The highest BCUT2D eigenvalue weighted by Crippen LogP contribution is 2.39. The van der Waals surface area contributed by atoms with Gasteiger partial charge in [0.05, 0.1) is 22.8 Å². The summed E-state index contributed by atoms with van der Waals surface area (Å²) in [6.45, 7) is 2.37. The van der Waals surface area contributed by atoms with Crippen molar-refractivity contribution in [2.24, 2.45) is 0 Å². The van der Waals surface area contributed by atoms with Gasteiger partial charge in [0.15, 0.2) is 0 Å². The second-order valence-corrected chi connectivity index (χ2v) is 7.78. The molecule has 0 fully saturated rings. The highest BCUT2D eigenvalue weighted by atomic mass is 32.2. The van der Waals surface area contributed by atoms with E-state index in [0.29, 0.717) is 22.7 Å². The maximum absolute atomic E-state index is 12.5. The van der Waals surface area contributed by atoms with Crippen molar-refractivity contribution in [3.05, 3.63) is 94.1 Å². The molecule has 1 aliphatic heterocycles. The molecule has 4 rings (SSSR count). The van der Waals surface area contributed by atoms with Gasteiger partial charge in [0.25, 0.3) is 11.8 Å². The van der Waals surface area contributed by atoms with Gasteiger partial charge in [-0.25, -0.2) is 0 Å². The van der Waals surface area contributed by atoms with Gasteiger partial charge in [0.2, 0.25) is 0 Å². The lowest BCUT2D eigenvalue weighted by molar-refractivity contribution is -0.112. The van der Waals surface area contributed by atoms with E-state index in [9.17, 15) is 9.59 Å². The Morgan fingerprint density at radius 1 is 1.14 bits per heavy atom. The molecule has 0 atom stereocenters. The summed E-state index contributed by atoms with van der Waals surface area (Å²) in [5.74, 6) is -0.381. The molecule has 5 nitrogen and oxygen atoms in total. The Hall–Kier alpha value is -3.38. The van der Waals surface area contributed by atoms with Crippen LogP contribution in [0.3, 0.4) is 0 Å². The number of carbonyl (C=O) groups excluding carboxylic acids is 2. The fourth-order valence-corrected chi connectivity index (χ4v) is 3.92. The van der Waals surface area contributed by atoms with E-state index < -0.39 is 0 Å². The number of thioether (sulfide) groups is 1. The minimum atomic E-state index is -0.209. The number of pyridine rings is 1. The van der Waals surface area contributed by atoms with Crippen LogP contribution in [0.5, 0.6) is 0 Å². The number of anilines is 1. The highest BCUT2D eigenvalue weighted by Gasteiger charge is 2.22. The largest absolute Gasteiger partial charge is 0.346 e. The molecular formula is C23H19N3O2S. The molecule has 0 saturated heterocycles. The van der Waals surface area contributed by atoms with E-state index in [1.165, 1.54) is 11.8 Å². The predicted octanol–water partition coefficient (Wildman–Crippen LogP) is 4.41. The molecule has 144 valence electrons. The molecule has 1 aromatic heterocycles. The fraction of sp³-hybridized carbons (Fsp3) is 0.0870. The van der Waals surface area contributed by atoms with Gasteiger partial charge in [0, 0.05) is 16.7 Å². The molecule has 0 saturated carbocycles. The van der Waals surface area contributed by atoms with Gasteiger partial charge in [-0.3, -0.25) is 14.6 Å². The summed E-state index contributed by atoms with van der Waals surface area (Å²) in [5, 5.41) is 5.74. The molecule has 2 amide bonds. The molecule has 0 unspecified atom stereocenters. The number of fused-ring (bicyclic) bond motifs is 1. The number of hydrogen-bond acceptors (Lipinski definition) is 4. The van der Waals surface area contributed by atoms with E-state index in [2.05, 4.69) is 15.6 Å². The first-order valence-corrected chi connectivity index (χ1v) is 10.00. The van der Waals surface area contributed by atoms with E-state index in [4.69, 9.17) is 0 Å². The Bertz CT molecular complexity index is 1110. The monoisotopic (exact) mass is 401 g/mol. The highest BCUT2D eigenvalue weighted by molar-refractivity contribution is 8.04. The van der Waals surface area contributed by atoms with Crippen LogP contribution in [0, 0.1) is 6.92 Å².